The summed E-state index contributed by atoms with van der Waals surface area (Å²) in [6, 6.07) is 4.20. The van der Waals surface area contributed by atoms with Crippen molar-refractivity contribution in [2.45, 2.75) is 19.8 Å². The number of nitrogens with one attached hydrogen (secondary N) is 1. The Morgan fingerprint density at radius 3 is 2.84 bits per heavy atom. The van der Waals surface area contributed by atoms with Crippen LogP contribution in [0.2, 0.25) is 0 Å². The van der Waals surface area contributed by atoms with E-state index >= 15 is 0 Å². The second-order valence-electron chi connectivity index (χ2n) is 4.51. The fourth-order valence-corrected chi connectivity index (χ4v) is 1.96. The largest absolute Gasteiger partial charge is 0.494 e. The zero-order chi connectivity index (χ0) is 14.3. The first-order chi connectivity index (χ1) is 9.08. The molecule has 1 rings (SSSR count). The van der Waals surface area contributed by atoms with E-state index in [0.29, 0.717) is 18.0 Å². The summed E-state index contributed by atoms with van der Waals surface area (Å²) in [6.45, 7) is 2.75. The van der Waals surface area contributed by atoms with Crippen LogP contribution in [0.25, 0.3) is 0 Å². The first-order valence-electron chi connectivity index (χ1n) is 6.26. The summed E-state index contributed by atoms with van der Waals surface area (Å²) in [6.07, 6.45) is 1.96. The van der Waals surface area contributed by atoms with E-state index < -0.39 is 5.82 Å². The number of rotatable bonds is 7. The highest BCUT2D eigenvalue weighted by atomic mass is 79.9. The summed E-state index contributed by atoms with van der Waals surface area (Å²) >= 11 is 3.41. The molecule has 1 unspecified atom stereocenters. The monoisotopic (exact) mass is 331 g/mol. The molecular formula is C14H19BrFNO2. The third-order valence-corrected chi connectivity index (χ3v) is 3.94. The molecule has 1 amide bonds. The number of benzene rings is 1. The van der Waals surface area contributed by atoms with Crippen LogP contribution in [0, 0.1) is 11.7 Å². The molecule has 0 aliphatic rings. The Balaban J connectivity index is 2.43. The summed E-state index contributed by atoms with van der Waals surface area (Å²) in [5, 5.41) is 3.74. The Hall–Kier alpha value is -1.10. The Morgan fingerprint density at radius 2 is 2.26 bits per heavy atom. The minimum absolute atomic E-state index is 0.141. The van der Waals surface area contributed by atoms with Crippen molar-refractivity contribution in [3.8, 4) is 5.75 Å². The third-order valence-electron chi connectivity index (χ3n) is 2.84. The number of carbonyl (C=O) groups is 1. The number of hydrogen-bond acceptors (Lipinski definition) is 2. The second kappa shape index (κ2) is 8.15. The molecule has 1 atom stereocenters. The van der Waals surface area contributed by atoms with Gasteiger partial charge in [-0.2, -0.15) is 0 Å². The number of amides is 1. The van der Waals surface area contributed by atoms with Crippen LogP contribution in [0.5, 0.6) is 5.75 Å². The second-order valence-corrected chi connectivity index (χ2v) is 5.15. The van der Waals surface area contributed by atoms with Crippen molar-refractivity contribution in [3.05, 3.63) is 29.6 Å². The van der Waals surface area contributed by atoms with Crippen LogP contribution in [0.4, 0.5) is 4.39 Å². The van der Waals surface area contributed by atoms with Gasteiger partial charge >= 0.3 is 0 Å². The number of ether oxygens (including phenoxy) is 1. The standard InChI is InChI=1S/C14H19BrFNO2/c1-10(9-15)4-3-7-17-14(18)11-5-6-13(19-2)12(16)8-11/h5-6,8,10H,3-4,7,9H2,1-2H3,(H,17,18). The van der Waals surface area contributed by atoms with Crippen molar-refractivity contribution >= 4 is 21.8 Å². The van der Waals surface area contributed by atoms with Crippen LogP contribution in [-0.4, -0.2) is 24.9 Å². The number of hydrogen-bond donors (Lipinski definition) is 1. The summed E-state index contributed by atoms with van der Waals surface area (Å²) < 4.78 is 18.2. The topological polar surface area (TPSA) is 38.3 Å². The van der Waals surface area contributed by atoms with E-state index in [9.17, 15) is 9.18 Å². The highest BCUT2D eigenvalue weighted by Crippen LogP contribution is 2.17. The van der Waals surface area contributed by atoms with Crippen molar-refractivity contribution in [1.29, 1.82) is 0 Å². The normalized spacial score (nSPS) is 12.0. The maximum atomic E-state index is 13.4. The molecule has 0 bridgehead atoms. The zero-order valence-corrected chi connectivity index (χ0v) is 12.8. The van der Waals surface area contributed by atoms with Crippen molar-refractivity contribution in [2.24, 2.45) is 5.92 Å². The van der Waals surface area contributed by atoms with Crippen molar-refractivity contribution in [2.75, 3.05) is 19.0 Å². The van der Waals surface area contributed by atoms with E-state index in [2.05, 4.69) is 28.2 Å². The molecule has 3 nitrogen and oxygen atoms in total. The number of halogens is 2. The summed E-state index contributed by atoms with van der Waals surface area (Å²) in [5.74, 6) is -0.0471. The Morgan fingerprint density at radius 1 is 1.53 bits per heavy atom. The molecule has 1 aromatic rings. The van der Waals surface area contributed by atoms with Gasteiger partial charge in [-0.3, -0.25) is 4.79 Å². The Labute approximate surface area is 121 Å². The van der Waals surface area contributed by atoms with Crippen LogP contribution in [0.3, 0.4) is 0 Å². The number of carbonyl (C=O) groups excluding carboxylic acids is 1. The first kappa shape index (κ1) is 16.0. The minimum atomic E-state index is -0.525. The predicted octanol–water partition coefficient (Wildman–Crippen LogP) is 3.38. The van der Waals surface area contributed by atoms with Gasteiger partial charge in [0.15, 0.2) is 11.6 Å². The van der Waals surface area contributed by atoms with Crippen molar-refractivity contribution in [1.82, 2.24) is 5.32 Å². The van der Waals surface area contributed by atoms with Gasteiger partial charge in [-0.25, -0.2) is 4.39 Å². The average Bonchev–Trinajstić information content (AvgIpc) is 2.42. The van der Waals surface area contributed by atoms with E-state index in [1.807, 2.05) is 0 Å². The smallest absolute Gasteiger partial charge is 0.251 e. The lowest BCUT2D eigenvalue weighted by Gasteiger charge is -2.09. The highest BCUT2D eigenvalue weighted by molar-refractivity contribution is 9.09. The minimum Gasteiger partial charge on any atom is -0.494 e. The number of methoxy groups -OCH3 is 1. The highest BCUT2D eigenvalue weighted by Gasteiger charge is 2.09. The van der Waals surface area contributed by atoms with Crippen LogP contribution in [-0.2, 0) is 0 Å². The molecule has 0 aromatic heterocycles. The van der Waals surface area contributed by atoms with Gasteiger partial charge in [0.05, 0.1) is 7.11 Å². The molecule has 19 heavy (non-hydrogen) atoms. The van der Waals surface area contributed by atoms with Crippen LogP contribution < -0.4 is 10.1 Å². The van der Waals surface area contributed by atoms with Gasteiger partial charge in [0, 0.05) is 17.4 Å². The van der Waals surface area contributed by atoms with E-state index in [1.54, 1.807) is 6.07 Å². The molecule has 0 heterocycles. The number of alkyl halides is 1. The van der Waals surface area contributed by atoms with Crippen LogP contribution in [0.15, 0.2) is 18.2 Å². The van der Waals surface area contributed by atoms with Crippen molar-refractivity contribution < 1.29 is 13.9 Å². The fourth-order valence-electron chi connectivity index (χ4n) is 1.64. The Bertz CT molecular complexity index is 426. The van der Waals surface area contributed by atoms with Gasteiger partial charge < -0.3 is 10.1 Å². The molecular weight excluding hydrogens is 313 g/mol. The van der Waals surface area contributed by atoms with Gasteiger partial charge in [-0.15, -0.1) is 0 Å². The Kier molecular flexibility index (Phi) is 6.84. The molecule has 0 fully saturated rings. The van der Waals surface area contributed by atoms with Crippen LogP contribution >= 0.6 is 15.9 Å². The summed E-state index contributed by atoms with van der Waals surface area (Å²) in [4.78, 5) is 11.8. The molecule has 106 valence electrons. The molecule has 1 N–H and O–H groups in total. The molecule has 0 saturated carbocycles. The first-order valence-corrected chi connectivity index (χ1v) is 7.38. The molecule has 0 radical (unpaired) electrons. The maximum absolute atomic E-state index is 13.4. The summed E-state index contributed by atoms with van der Waals surface area (Å²) in [7, 11) is 1.39. The third kappa shape index (κ3) is 5.19. The van der Waals surface area contributed by atoms with Gasteiger partial charge in [0.2, 0.25) is 0 Å². The molecule has 0 saturated heterocycles. The van der Waals surface area contributed by atoms with Crippen molar-refractivity contribution in [3.63, 3.8) is 0 Å². The van der Waals surface area contributed by atoms with Crippen LogP contribution in [0.1, 0.15) is 30.1 Å². The average molecular weight is 332 g/mol. The summed E-state index contributed by atoms with van der Waals surface area (Å²) in [5.41, 5.74) is 0.312. The SMILES string of the molecule is COc1ccc(C(=O)NCCCC(C)CBr)cc1F. The molecule has 0 spiro atoms. The van der Waals surface area contributed by atoms with E-state index in [1.165, 1.54) is 19.2 Å². The van der Waals surface area contributed by atoms with E-state index in [4.69, 9.17) is 4.74 Å². The molecule has 0 aliphatic heterocycles. The fraction of sp³-hybridized carbons (Fsp3) is 0.500. The lowest BCUT2D eigenvalue weighted by atomic mass is 10.1. The van der Waals surface area contributed by atoms with Gasteiger partial charge in [0.25, 0.3) is 5.91 Å². The maximum Gasteiger partial charge on any atom is 0.251 e. The lowest BCUT2D eigenvalue weighted by Crippen LogP contribution is -2.24. The van der Waals surface area contributed by atoms with Gasteiger partial charge in [0.1, 0.15) is 0 Å². The van der Waals surface area contributed by atoms with E-state index in [-0.39, 0.29) is 11.7 Å². The molecule has 1 aromatic carbocycles. The zero-order valence-electron chi connectivity index (χ0n) is 11.2. The quantitative estimate of drug-likeness (QED) is 0.614. The van der Waals surface area contributed by atoms with E-state index in [0.717, 1.165) is 18.2 Å². The lowest BCUT2D eigenvalue weighted by molar-refractivity contribution is 0.0952. The molecule has 0 aliphatic carbocycles. The van der Waals surface area contributed by atoms with Gasteiger partial charge in [-0.05, 0) is 37.0 Å². The van der Waals surface area contributed by atoms with Gasteiger partial charge in [-0.1, -0.05) is 22.9 Å². The molecule has 5 heteroatoms. The predicted molar refractivity (Wildman–Crippen MR) is 77.5 cm³/mol.